The maximum absolute atomic E-state index is 11.9. The van der Waals surface area contributed by atoms with Crippen molar-refractivity contribution >= 4 is 38.7 Å². The number of rotatable bonds is 7. The number of aromatic nitrogens is 3. The largest absolute Gasteiger partial charge is 0.368 e. The summed E-state index contributed by atoms with van der Waals surface area (Å²) in [5, 5.41) is 8.00. The topological polar surface area (TPSA) is 106 Å². The number of nitrogens with two attached hydrogens (primary N) is 1. The summed E-state index contributed by atoms with van der Waals surface area (Å²) in [6.07, 6.45) is 1.46. The normalized spacial score (nSPS) is 10.8. The maximum atomic E-state index is 11.9. The standard InChI is InChI=1S/C20H18N6O2S/c21-17(27)13-25(12-14-5-2-1-3-6-14)16-8-4-7-15(11-16)23-19-24-26-18(28)9-10-22-20(26)29-19/h1-11H,12-13H2,(H2,21,27)(H,23,24). The van der Waals surface area contributed by atoms with E-state index in [4.69, 9.17) is 5.73 Å². The van der Waals surface area contributed by atoms with Gasteiger partial charge in [-0.25, -0.2) is 4.98 Å². The van der Waals surface area contributed by atoms with E-state index in [1.54, 1.807) is 0 Å². The average Bonchev–Trinajstić information content (AvgIpc) is 3.12. The third-order valence-electron chi connectivity index (χ3n) is 4.20. The van der Waals surface area contributed by atoms with Crippen LogP contribution >= 0.6 is 11.3 Å². The van der Waals surface area contributed by atoms with Gasteiger partial charge in [-0.3, -0.25) is 9.59 Å². The molecule has 0 aliphatic heterocycles. The highest BCUT2D eigenvalue weighted by atomic mass is 32.1. The van der Waals surface area contributed by atoms with Crippen LogP contribution in [0, 0.1) is 0 Å². The SMILES string of the molecule is NC(=O)CN(Cc1ccccc1)c1cccc(Nc2nn3c(=O)ccnc3s2)c1. The average molecular weight is 406 g/mol. The van der Waals surface area contributed by atoms with Crippen molar-refractivity contribution in [2.45, 2.75) is 6.54 Å². The predicted molar refractivity (Wildman–Crippen MR) is 114 cm³/mol. The fraction of sp³-hybridized carbons (Fsp3) is 0.100. The highest BCUT2D eigenvalue weighted by Crippen LogP contribution is 2.26. The van der Waals surface area contributed by atoms with Gasteiger partial charge >= 0.3 is 0 Å². The lowest BCUT2D eigenvalue weighted by Crippen LogP contribution is -2.33. The molecule has 9 heteroatoms. The Morgan fingerprint density at radius 3 is 2.72 bits per heavy atom. The third kappa shape index (κ3) is 4.41. The Balaban J connectivity index is 1.60. The van der Waals surface area contributed by atoms with Crippen molar-refractivity contribution in [3.8, 4) is 0 Å². The summed E-state index contributed by atoms with van der Waals surface area (Å²) in [6.45, 7) is 0.645. The molecule has 0 saturated heterocycles. The third-order valence-corrected chi connectivity index (χ3v) is 5.03. The molecule has 0 atom stereocenters. The minimum Gasteiger partial charge on any atom is -0.368 e. The smallest absolute Gasteiger partial charge is 0.275 e. The molecule has 146 valence electrons. The summed E-state index contributed by atoms with van der Waals surface area (Å²) in [5.41, 5.74) is 7.92. The van der Waals surface area contributed by atoms with E-state index in [1.165, 1.54) is 28.1 Å². The van der Waals surface area contributed by atoms with Gasteiger partial charge in [0.15, 0.2) is 0 Å². The van der Waals surface area contributed by atoms with Gasteiger partial charge in [0.1, 0.15) is 0 Å². The number of primary amides is 1. The number of benzene rings is 2. The molecule has 1 amide bonds. The van der Waals surface area contributed by atoms with Crippen LogP contribution in [0.15, 0.2) is 71.7 Å². The fourth-order valence-corrected chi connectivity index (χ4v) is 3.72. The number of fused-ring (bicyclic) bond motifs is 1. The first kappa shape index (κ1) is 18.6. The fourth-order valence-electron chi connectivity index (χ4n) is 2.93. The summed E-state index contributed by atoms with van der Waals surface area (Å²) in [4.78, 5) is 30.0. The molecule has 2 aromatic heterocycles. The number of nitrogens with one attached hydrogen (secondary N) is 1. The number of anilines is 3. The minimum atomic E-state index is -0.407. The van der Waals surface area contributed by atoms with E-state index in [2.05, 4.69) is 15.4 Å². The Kier molecular flexibility index (Phi) is 5.21. The van der Waals surface area contributed by atoms with Crippen molar-refractivity contribution in [2.24, 2.45) is 5.73 Å². The van der Waals surface area contributed by atoms with E-state index < -0.39 is 5.91 Å². The van der Waals surface area contributed by atoms with Gasteiger partial charge in [-0.05, 0) is 23.8 Å². The van der Waals surface area contributed by atoms with Crippen LogP contribution in [0.3, 0.4) is 0 Å². The molecule has 0 bridgehead atoms. The van der Waals surface area contributed by atoms with E-state index in [1.807, 2.05) is 59.5 Å². The lowest BCUT2D eigenvalue weighted by Gasteiger charge is -2.24. The zero-order chi connectivity index (χ0) is 20.2. The van der Waals surface area contributed by atoms with Gasteiger partial charge in [-0.15, -0.1) is 5.10 Å². The first-order chi connectivity index (χ1) is 14.1. The van der Waals surface area contributed by atoms with E-state index in [9.17, 15) is 9.59 Å². The molecule has 0 aliphatic carbocycles. The van der Waals surface area contributed by atoms with Gasteiger partial charge in [0.05, 0.1) is 6.54 Å². The molecule has 29 heavy (non-hydrogen) atoms. The molecule has 4 rings (SSSR count). The van der Waals surface area contributed by atoms with Crippen molar-refractivity contribution in [2.75, 3.05) is 16.8 Å². The number of nitrogens with zero attached hydrogens (tertiary/aromatic N) is 4. The van der Waals surface area contributed by atoms with Crippen molar-refractivity contribution in [1.82, 2.24) is 14.6 Å². The first-order valence-corrected chi connectivity index (χ1v) is 9.69. The van der Waals surface area contributed by atoms with Crippen molar-refractivity contribution in [3.05, 3.63) is 82.8 Å². The van der Waals surface area contributed by atoms with E-state index >= 15 is 0 Å². The summed E-state index contributed by atoms with van der Waals surface area (Å²) in [6, 6.07) is 18.8. The van der Waals surface area contributed by atoms with Gasteiger partial charge in [0.2, 0.25) is 16.0 Å². The summed E-state index contributed by atoms with van der Waals surface area (Å²) in [7, 11) is 0. The summed E-state index contributed by atoms with van der Waals surface area (Å²) in [5.74, 6) is -0.407. The Hall–Kier alpha value is -3.72. The monoisotopic (exact) mass is 406 g/mol. The Morgan fingerprint density at radius 1 is 1.14 bits per heavy atom. The highest BCUT2D eigenvalue weighted by Gasteiger charge is 2.12. The van der Waals surface area contributed by atoms with Crippen LogP contribution in [0.4, 0.5) is 16.5 Å². The number of hydrogen-bond donors (Lipinski definition) is 2. The molecule has 0 fully saturated rings. The molecule has 0 unspecified atom stereocenters. The first-order valence-electron chi connectivity index (χ1n) is 8.88. The molecular weight excluding hydrogens is 388 g/mol. The van der Waals surface area contributed by atoms with Crippen LogP contribution in [0.2, 0.25) is 0 Å². The molecule has 2 heterocycles. The molecule has 0 spiro atoms. The summed E-state index contributed by atoms with van der Waals surface area (Å²) < 4.78 is 1.26. The maximum Gasteiger partial charge on any atom is 0.275 e. The molecule has 4 aromatic rings. The Morgan fingerprint density at radius 2 is 1.97 bits per heavy atom. The quantitative estimate of drug-likeness (QED) is 0.488. The molecule has 0 saturated carbocycles. The Labute approximate surface area is 170 Å². The molecule has 8 nitrogen and oxygen atoms in total. The van der Waals surface area contributed by atoms with Crippen molar-refractivity contribution < 1.29 is 4.79 Å². The van der Waals surface area contributed by atoms with Crippen LogP contribution < -0.4 is 21.5 Å². The minimum absolute atomic E-state index is 0.0960. The van der Waals surface area contributed by atoms with Gasteiger partial charge in [0.25, 0.3) is 5.56 Å². The second-order valence-corrected chi connectivity index (χ2v) is 7.32. The van der Waals surface area contributed by atoms with Crippen LogP contribution in [-0.2, 0) is 11.3 Å². The zero-order valence-electron chi connectivity index (χ0n) is 15.4. The lowest BCUT2D eigenvalue weighted by molar-refractivity contribution is -0.116. The molecule has 2 aromatic carbocycles. The Bertz CT molecular complexity index is 1200. The zero-order valence-corrected chi connectivity index (χ0v) is 16.2. The number of hydrogen-bond acceptors (Lipinski definition) is 7. The van der Waals surface area contributed by atoms with Crippen LogP contribution in [0.1, 0.15) is 5.56 Å². The molecular formula is C20H18N6O2S. The highest BCUT2D eigenvalue weighted by molar-refractivity contribution is 7.20. The predicted octanol–water partition coefficient (Wildman–Crippen LogP) is 2.39. The van der Waals surface area contributed by atoms with Gasteiger partial charge in [0, 0.05) is 30.2 Å². The summed E-state index contributed by atoms with van der Waals surface area (Å²) >= 11 is 1.28. The molecule has 3 N–H and O–H groups in total. The van der Waals surface area contributed by atoms with Crippen molar-refractivity contribution in [3.63, 3.8) is 0 Å². The van der Waals surface area contributed by atoms with E-state index in [0.29, 0.717) is 16.6 Å². The van der Waals surface area contributed by atoms with E-state index in [0.717, 1.165) is 16.9 Å². The second-order valence-electron chi connectivity index (χ2n) is 6.37. The van der Waals surface area contributed by atoms with Gasteiger partial charge in [-0.1, -0.05) is 47.7 Å². The van der Waals surface area contributed by atoms with Crippen LogP contribution in [0.25, 0.3) is 4.96 Å². The molecule has 0 aliphatic rings. The number of amides is 1. The molecule has 0 radical (unpaired) electrons. The number of carbonyl (C=O) groups excluding carboxylic acids is 1. The lowest BCUT2D eigenvalue weighted by atomic mass is 10.2. The van der Waals surface area contributed by atoms with Crippen LogP contribution in [-0.4, -0.2) is 27.0 Å². The second kappa shape index (κ2) is 8.11. The van der Waals surface area contributed by atoms with Crippen LogP contribution in [0.5, 0.6) is 0 Å². The van der Waals surface area contributed by atoms with Gasteiger partial charge < -0.3 is 16.0 Å². The van der Waals surface area contributed by atoms with Gasteiger partial charge in [-0.2, -0.15) is 4.52 Å². The number of carbonyl (C=O) groups is 1. The van der Waals surface area contributed by atoms with Crippen molar-refractivity contribution in [1.29, 1.82) is 0 Å². The van der Waals surface area contributed by atoms with E-state index in [-0.39, 0.29) is 12.1 Å².